The molecule has 1 aromatic rings. The van der Waals surface area contributed by atoms with Crippen molar-refractivity contribution in [2.24, 2.45) is 5.73 Å². The molecule has 0 spiro atoms. The molecule has 6 nitrogen and oxygen atoms in total. The lowest BCUT2D eigenvalue weighted by Crippen LogP contribution is -2.56. The summed E-state index contributed by atoms with van der Waals surface area (Å²) in [6.45, 7) is 1.97. The Morgan fingerprint density at radius 3 is 2.63 bits per heavy atom. The Morgan fingerprint density at radius 2 is 1.96 bits per heavy atom. The largest absolute Gasteiger partial charge is 0.370 e. The first kappa shape index (κ1) is 19.3. The van der Waals surface area contributed by atoms with Crippen LogP contribution in [-0.2, 0) is 14.4 Å². The van der Waals surface area contributed by atoms with Crippen LogP contribution in [0.2, 0.25) is 0 Å². The summed E-state index contributed by atoms with van der Waals surface area (Å²) in [6, 6.07) is 5.67. The molecule has 2 fully saturated rings. The third-order valence-corrected chi connectivity index (χ3v) is 5.71. The van der Waals surface area contributed by atoms with Gasteiger partial charge in [0, 0.05) is 19.3 Å². The summed E-state index contributed by atoms with van der Waals surface area (Å²) in [5.74, 6) is -1.03. The molecule has 0 unspecified atom stereocenters. The van der Waals surface area contributed by atoms with E-state index in [2.05, 4.69) is 5.32 Å². The van der Waals surface area contributed by atoms with Gasteiger partial charge in [0.2, 0.25) is 17.7 Å². The van der Waals surface area contributed by atoms with Gasteiger partial charge in [-0.25, -0.2) is 4.39 Å². The molecule has 0 saturated carbocycles. The predicted octanol–water partition coefficient (Wildman–Crippen LogP) is 2.18. The van der Waals surface area contributed by atoms with E-state index in [9.17, 15) is 18.8 Å². The predicted molar refractivity (Wildman–Crippen MR) is 97.8 cm³/mol. The molecule has 2 aliphatic rings. The number of likely N-dealkylation sites (tertiary alicyclic amines) is 1. The van der Waals surface area contributed by atoms with Crippen molar-refractivity contribution in [2.45, 2.75) is 69.5 Å². The number of nitrogens with one attached hydrogen (secondary N) is 1. The van der Waals surface area contributed by atoms with Crippen molar-refractivity contribution < 1.29 is 18.8 Å². The molecule has 1 aromatic carbocycles. The molecule has 27 heavy (non-hydrogen) atoms. The third-order valence-electron chi connectivity index (χ3n) is 5.71. The number of primary amides is 1. The number of carbonyl (C=O) groups is 3. The molecule has 2 heterocycles. The maximum atomic E-state index is 13.4. The Kier molecular flexibility index (Phi) is 5.48. The van der Waals surface area contributed by atoms with E-state index in [1.807, 2.05) is 6.92 Å². The molecule has 2 saturated heterocycles. The minimum absolute atomic E-state index is 0.00788. The highest BCUT2D eigenvalue weighted by Crippen LogP contribution is 2.45. The third kappa shape index (κ3) is 4.12. The van der Waals surface area contributed by atoms with E-state index in [1.165, 1.54) is 12.1 Å². The van der Waals surface area contributed by atoms with E-state index in [0.717, 1.165) is 24.8 Å². The number of fused-ring (bicyclic) bond motifs is 1. The van der Waals surface area contributed by atoms with Crippen LogP contribution in [0, 0.1) is 5.82 Å². The van der Waals surface area contributed by atoms with Gasteiger partial charge in [0.25, 0.3) is 0 Å². The van der Waals surface area contributed by atoms with Gasteiger partial charge in [-0.1, -0.05) is 18.6 Å². The van der Waals surface area contributed by atoms with Crippen molar-refractivity contribution in [3.63, 3.8) is 0 Å². The molecule has 0 aliphatic carbocycles. The number of rotatable bonds is 4. The maximum absolute atomic E-state index is 13.4. The molecule has 3 N–H and O–H groups in total. The zero-order chi connectivity index (χ0) is 19.6. The van der Waals surface area contributed by atoms with Gasteiger partial charge in [-0.15, -0.1) is 0 Å². The molecule has 0 bridgehead atoms. The first-order valence-electron chi connectivity index (χ1n) is 9.46. The van der Waals surface area contributed by atoms with Gasteiger partial charge in [-0.2, -0.15) is 0 Å². The van der Waals surface area contributed by atoms with Crippen LogP contribution in [0.5, 0.6) is 0 Å². The fourth-order valence-electron chi connectivity index (χ4n) is 4.43. The van der Waals surface area contributed by atoms with Crippen molar-refractivity contribution in [2.75, 3.05) is 0 Å². The standard InChI is InChI=1S/C20H26FN3O3/c1-20-12-15(13-6-8-14(21)9-7-13)24(19(27)11-10-17(22)25)16(20)4-2-3-5-18(26)23-20/h6-9,15-16H,2-5,10-12H2,1H3,(H2,22,25)(H,23,26)/t15-,16-,20-/m0/s1. The highest BCUT2D eigenvalue weighted by Gasteiger charge is 2.52. The van der Waals surface area contributed by atoms with E-state index in [-0.39, 0.29) is 42.6 Å². The number of benzene rings is 1. The van der Waals surface area contributed by atoms with Crippen molar-refractivity contribution >= 4 is 17.7 Å². The SMILES string of the molecule is C[C@]12C[C@@H](c3ccc(F)cc3)N(C(=O)CCC(N)=O)[C@H]1CCCCC(=O)N2. The zero-order valence-corrected chi connectivity index (χ0v) is 15.5. The van der Waals surface area contributed by atoms with Gasteiger partial charge >= 0.3 is 0 Å². The Hall–Kier alpha value is -2.44. The number of hydrogen-bond donors (Lipinski definition) is 2. The lowest BCUT2D eigenvalue weighted by atomic mass is 9.85. The summed E-state index contributed by atoms with van der Waals surface area (Å²) in [5, 5.41) is 3.12. The lowest BCUT2D eigenvalue weighted by molar-refractivity contribution is -0.137. The monoisotopic (exact) mass is 375 g/mol. The molecular formula is C20H26FN3O3. The van der Waals surface area contributed by atoms with E-state index in [0.29, 0.717) is 12.8 Å². The molecule has 0 radical (unpaired) electrons. The number of halogens is 1. The topological polar surface area (TPSA) is 92.5 Å². The minimum atomic E-state index is -0.557. The number of carbonyl (C=O) groups excluding carboxylic acids is 3. The van der Waals surface area contributed by atoms with Crippen LogP contribution in [0.15, 0.2) is 24.3 Å². The van der Waals surface area contributed by atoms with Crippen LogP contribution < -0.4 is 11.1 Å². The van der Waals surface area contributed by atoms with Crippen LogP contribution in [0.4, 0.5) is 4.39 Å². The summed E-state index contributed by atoms with van der Waals surface area (Å²) >= 11 is 0. The Labute approximate surface area is 158 Å². The Balaban J connectivity index is 1.96. The van der Waals surface area contributed by atoms with Crippen LogP contribution in [0.1, 0.15) is 63.5 Å². The van der Waals surface area contributed by atoms with E-state index in [4.69, 9.17) is 5.73 Å². The molecule has 146 valence electrons. The maximum Gasteiger partial charge on any atom is 0.223 e. The smallest absolute Gasteiger partial charge is 0.223 e. The Morgan fingerprint density at radius 1 is 1.26 bits per heavy atom. The van der Waals surface area contributed by atoms with Crippen LogP contribution in [0.25, 0.3) is 0 Å². The van der Waals surface area contributed by atoms with Crippen molar-refractivity contribution in [3.8, 4) is 0 Å². The van der Waals surface area contributed by atoms with Gasteiger partial charge in [0.05, 0.1) is 17.6 Å². The quantitative estimate of drug-likeness (QED) is 0.845. The second-order valence-electron chi connectivity index (χ2n) is 7.77. The summed E-state index contributed by atoms with van der Waals surface area (Å²) < 4.78 is 13.4. The fraction of sp³-hybridized carbons (Fsp3) is 0.550. The van der Waals surface area contributed by atoms with Crippen LogP contribution in [0.3, 0.4) is 0 Å². The van der Waals surface area contributed by atoms with E-state index < -0.39 is 11.4 Å². The lowest BCUT2D eigenvalue weighted by Gasteiger charge is -2.38. The zero-order valence-electron chi connectivity index (χ0n) is 15.5. The summed E-state index contributed by atoms with van der Waals surface area (Å²) in [5.41, 5.74) is 5.48. The molecule has 3 rings (SSSR count). The number of nitrogens with zero attached hydrogens (tertiary/aromatic N) is 1. The first-order chi connectivity index (χ1) is 12.8. The van der Waals surface area contributed by atoms with Crippen LogP contribution in [-0.4, -0.2) is 34.2 Å². The second kappa shape index (κ2) is 7.66. The number of hydrogen-bond acceptors (Lipinski definition) is 3. The fourth-order valence-corrected chi connectivity index (χ4v) is 4.43. The average Bonchev–Trinajstić information content (AvgIpc) is 2.87. The van der Waals surface area contributed by atoms with Crippen molar-refractivity contribution in [1.82, 2.24) is 10.2 Å². The minimum Gasteiger partial charge on any atom is -0.370 e. The molecule has 2 aliphatic heterocycles. The van der Waals surface area contributed by atoms with Crippen LogP contribution >= 0.6 is 0 Å². The molecule has 3 amide bonds. The molecule has 3 atom stereocenters. The van der Waals surface area contributed by atoms with E-state index in [1.54, 1.807) is 17.0 Å². The summed E-state index contributed by atoms with van der Waals surface area (Å²) in [7, 11) is 0. The molecule has 0 aromatic heterocycles. The first-order valence-corrected chi connectivity index (χ1v) is 9.46. The average molecular weight is 375 g/mol. The van der Waals surface area contributed by atoms with Crippen molar-refractivity contribution in [3.05, 3.63) is 35.6 Å². The highest BCUT2D eigenvalue weighted by atomic mass is 19.1. The summed E-state index contributed by atoms with van der Waals surface area (Å²) in [6.07, 6.45) is 3.47. The van der Waals surface area contributed by atoms with Gasteiger partial charge in [-0.3, -0.25) is 14.4 Å². The molecule has 7 heteroatoms. The van der Waals surface area contributed by atoms with E-state index >= 15 is 0 Å². The van der Waals surface area contributed by atoms with Gasteiger partial charge in [0.1, 0.15) is 5.82 Å². The van der Waals surface area contributed by atoms with Crippen molar-refractivity contribution in [1.29, 1.82) is 0 Å². The highest BCUT2D eigenvalue weighted by molar-refractivity contribution is 5.84. The number of amides is 3. The summed E-state index contributed by atoms with van der Waals surface area (Å²) in [4.78, 5) is 38.2. The molecular weight excluding hydrogens is 349 g/mol. The number of nitrogens with two attached hydrogens (primary N) is 1. The Bertz CT molecular complexity index is 736. The van der Waals surface area contributed by atoms with Gasteiger partial charge < -0.3 is 16.0 Å². The normalized spacial score (nSPS) is 28.1. The van der Waals surface area contributed by atoms with Gasteiger partial charge in [0.15, 0.2) is 0 Å². The van der Waals surface area contributed by atoms with Gasteiger partial charge in [-0.05, 0) is 43.9 Å². The second-order valence-corrected chi connectivity index (χ2v) is 7.77.